The summed E-state index contributed by atoms with van der Waals surface area (Å²) in [4.78, 5) is 21.2. The number of hydrogen-bond donors (Lipinski definition) is 0. The zero-order chi connectivity index (χ0) is 10.9. The minimum atomic E-state index is -0.494. The summed E-state index contributed by atoms with van der Waals surface area (Å²) >= 11 is 3.18. The molecule has 1 rings (SSSR count). The molecule has 0 aromatic heterocycles. The van der Waals surface area contributed by atoms with Crippen LogP contribution in [0.3, 0.4) is 0 Å². The standard InChI is InChI=1S/C9H8BrNO3/c1-5-8(10)3-7(6(2)12)4-9(5)11(13)14/h3-4H,1-2H3. The van der Waals surface area contributed by atoms with Crippen molar-refractivity contribution in [2.45, 2.75) is 13.8 Å². The van der Waals surface area contributed by atoms with Crippen LogP contribution >= 0.6 is 15.9 Å². The first kappa shape index (κ1) is 10.8. The summed E-state index contributed by atoms with van der Waals surface area (Å²) in [5, 5.41) is 10.6. The number of rotatable bonds is 2. The molecule has 0 spiro atoms. The van der Waals surface area contributed by atoms with E-state index in [2.05, 4.69) is 15.9 Å². The number of hydrogen-bond acceptors (Lipinski definition) is 3. The van der Waals surface area contributed by atoms with Crippen LogP contribution in [-0.2, 0) is 0 Å². The van der Waals surface area contributed by atoms with Crippen LogP contribution in [0.1, 0.15) is 22.8 Å². The third kappa shape index (κ3) is 1.98. The Balaban J connectivity index is 3.43. The van der Waals surface area contributed by atoms with Gasteiger partial charge in [0.25, 0.3) is 5.69 Å². The average Bonchev–Trinajstić information content (AvgIpc) is 2.08. The van der Waals surface area contributed by atoms with Gasteiger partial charge in [0, 0.05) is 21.7 Å². The Bertz CT molecular complexity index is 415. The molecule has 0 bridgehead atoms. The predicted octanol–water partition coefficient (Wildman–Crippen LogP) is 2.87. The van der Waals surface area contributed by atoms with E-state index in [4.69, 9.17) is 0 Å². The van der Waals surface area contributed by atoms with Crippen molar-refractivity contribution < 1.29 is 9.72 Å². The van der Waals surface area contributed by atoms with Gasteiger partial charge in [-0.1, -0.05) is 15.9 Å². The molecule has 0 amide bonds. The summed E-state index contributed by atoms with van der Waals surface area (Å²) in [6.07, 6.45) is 0. The molecule has 1 aromatic rings. The highest BCUT2D eigenvalue weighted by atomic mass is 79.9. The number of nitrogens with zero attached hydrogens (tertiary/aromatic N) is 1. The van der Waals surface area contributed by atoms with Gasteiger partial charge in [-0.3, -0.25) is 14.9 Å². The molecule has 14 heavy (non-hydrogen) atoms. The smallest absolute Gasteiger partial charge is 0.274 e. The number of carbonyl (C=O) groups excluding carboxylic acids is 1. The molecule has 0 fully saturated rings. The van der Waals surface area contributed by atoms with Crippen molar-refractivity contribution in [1.82, 2.24) is 0 Å². The van der Waals surface area contributed by atoms with Crippen molar-refractivity contribution in [3.8, 4) is 0 Å². The predicted molar refractivity (Wildman–Crippen MR) is 55.5 cm³/mol. The van der Waals surface area contributed by atoms with Crippen LogP contribution in [0.4, 0.5) is 5.69 Å². The highest BCUT2D eigenvalue weighted by Gasteiger charge is 2.16. The third-order valence-electron chi connectivity index (χ3n) is 1.92. The molecule has 0 aliphatic carbocycles. The molecule has 0 N–H and O–H groups in total. The second-order valence-electron chi connectivity index (χ2n) is 2.92. The molecule has 0 unspecified atom stereocenters. The lowest BCUT2D eigenvalue weighted by Gasteiger charge is -2.02. The molecule has 74 valence electrons. The van der Waals surface area contributed by atoms with E-state index >= 15 is 0 Å². The second kappa shape index (κ2) is 3.88. The van der Waals surface area contributed by atoms with Crippen molar-refractivity contribution >= 4 is 27.4 Å². The van der Waals surface area contributed by atoms with Gasteiger partial charge in [-0.2, -0.15) is 0 Å². The Morgan fingerprint density at radius 3 is 2.50 bits per heavy atom. The van der Waals surface area contributed by atoms with Gasteiger partial charge in [0.2, 0.25) is 0 Å². The van der Waals surface area contributed by atoms with E-state index in [0.29, 0.717) is 15.6 Å². The van der Waals surface area contributed by atoms with Crippen molar-refractivity contribution in [3.63, 3.8) is 0 Å². The highest BCUT2D eigenvalue weighted by molar-refractivity contribution is 9.10. The quantitative estimate of drug-likeness (QED) is 0.465. The Kier molecular flexibility index (Phi) is 3.00. The molecule has 0 heterocycles. The summed E-state index contributed by atoms with van der Waals surface area (Å²) in [5.41, 5.74) is 0.832. The SMILES string of the molecule is CC(=O)c1cc(Br)c(C)c([N+](=O)[O-])c1. The molecule has 1 aromatic carbocycles. The number of benzene rings is 1. The first-order chi connectivity index (χ1) is 6.43. The summed E-state index contributed by atoms with van der Waals surface area (Å²) in [5.74, 6) is -0.186. The Morgan fingerprint density at radius 2 is 2.07 bits per heavy atom. The fraction of sp³-hybridized carbons (Fsp3) is 0.222. The summed E-state index contributed by atoms with van der Waals surface area (Å²) < 4.78 is 0.580. The fourth-order valence-electron chi connectivity index (χ4n) is 1.06. The maximum absolute atomic E-state index is 11.0. The van der Waals surface area contributed by atoms with Gasteiger partial charge in [0.05, 0.1) is 4.92 Å². The molecule has 0 saturated carbocycles. The maximum Gasteiger partial charge on any atom is 0.274 e. The molecule has 0 saturated heterocycles. The Hall–Kier alpha value is -1.23. The average molecular weight is 258 g/mol. The molecule has 0 atom stereocenters. The zero-order valence-corrected chi connectivity index (χ0v) is 9.29. The highest BCUT2D eigenvalue weighted by Crippen LogP contribution is 2.27. The van der Waals surface area contributed by atoms with Crippen LogP contribution in [-0.4, -0.2) is 10.7 Å². The normalized spacial score (nSPS) is 9.93. The lowest BCUT2D eigenvalue weighted by molar-refractivity contribution is -0.385. The summed E-state index contributed by atoms with van der Waals surface area (Å²) in [7, 11) is 0. The van der Waals surface area contributed by atoms with Gasteiger partial charge in [-0.05, 0) is 19.9 Å². The summed E-state index contributed by atoms with van der Waals surface area (Å²) in [6.45, 7) is 3.01. The van der Waals surface area contributed by atoms with Crippen molar-refractivity contribution in [1.29, 1.82) is 0 Å². The number of ketones is 1. The molecular formula is C9H8BrNO3. The van der Waals surface area contributed by atoms with E-state index in [-0.39, 0.29) is 11.5 Å². The largest absolute Gasteiger partial charge is 0.295 e. The van der Waals surface area contributed by atoms with Gasteiger partial charge < -0.3 is 0 Å². The van der Waals surface area contributed by atoms with E-state index in [9.17, 15) is 14.9 Å². The molecule has 4 nitrogen and oxygen atoms in total. The number of nitro groups is 1. The number of nitro benzene ring substituents is 1. The van der Waals surface area contributed by atoms with Crippen LogP contribution < -0.4 is 0 Å². The molecule has 0 aliphatic rings. The summed E-state index contributed by atoms with van der Waals surface area (Å²) in [6, 6.07) is 2.88. The van der Waals surface area contributed by atoms with Crippen LogP contribution in [0.5, 0.6) is 0 Å². The van der Waals surface area contributed by atoms with Crippen LogP contribution in [0.25, 0.3) is 0 Å². The van der Waals surface area contributed by atoms with Crippen molar-refractivity contribution in [2.75, 3.05) is 0 Å². The van der Waals surface area contributed by atoms with E-state index < -0.39 is 4.92 Å². The van der Waals surface area contributed by atoms with Gasteiger partial charge in [0.1, 0.15) is 0 Å². The lowest BCUT2D eigenvalue weighted by Crippen LogP contribution is -1.98. The first-order valence-electron chi connectivity index (χ1n) is 3.89. The monoisotopic (exact) mass is 257 g/mol. The first-order valence-corrected chi connectivity index (χ1v) is 4.68. The number of Topliss-reactive ketones (excluding diaryl/α,β-unsaturated/α-hetero) is 1. The zero-order valence-electron chi connectivity index (χ0n) is 7.70. The number of carbonyl (C=O) groups is 1. The van der Waals surface area contributed by atoms with Gasteiger partial charge in [0.15, 0.2) is 5.78 Å². The fourth-order valence-corrected chi connectivity index (χ4v) is 1.51. The van der Waals surface area contributed by atoms with Crippen LogP contribution in [0.2, 0.25) is 0 Å². The van der Waals surface area contributed by atoms with E-state index in [1.54, 1.807) is 13.0 Å². The Morgan fingerprint density at radius 1 is 1.50 bits per heavy atom. The molecular weight excluding hydrogens is 250 g/mol. The van der Waals surface area contributed by atoms with Gasteiger partial charge in [-0.15, -0.1) is 0 Å². The molecule has 5 heteroatoms. The molecule has 0 radical (unpaired) electrons. The lowest BCUT2D eigenvalue weighted by atomic mass is 10.1. The maximum atomic E-state index is 11.0. The number of halogens is 1. The van der Waals surface area contributed by atoms with Gasteiger partial charge in [-0.25, -0.2) is 0 Å². The minimum Gasteiger partial charge on any atom is -0.295 e. The van der Waals surface area contributed by atoms with E-state index in [1.807, 2.05) is 0 Å². The molecule has 0 aliphatic heterocycles. The van der Waals surface area contributed by atoms with E-state index in [0.717, 1.165) is 0 Å². The second-order valence-corrected chi connectivity index (χ2v) is 3.77. The van der Waals surface area contributed by atoms with Gasteiger partial charge >= 0.3 is 0 Å². The topological polar surface area (TPSA) is 60.2 Å². The van der Waals surface area contributed by atoms with Crippen molar-refractivity contribution in [3.05, 3.63) is 37.8 Å². The third-order valence-corrected chi connectivity index (χ3v) is 2.74. The minimum absolute atomic E-state index is 0.0374. The van der Waals surface area contributed by atoms with Crippen LogP contribution in [0.15, 0.2) is 16.6 Å². The van der Waals surface area contributed by atoms with Crippen LogP contribution in [0, 0.1) is 17.0 Å². The Labute approximate surface area is 89.2 Å². The van der Waals surface area contributed by atoms with Crippen molar-refractivity contribution in [2.24, 2.45) is 0 Å². The van der Waals surface area contributed by atoms with E-state index in [1.165, 1.54) is 13.0 Å².